The molecule has 0 aliphatic heterocycles. The number of aromatic nitrogens is 2. The van der Waals surface area contributed by atoms with Crippen LogP contribution in [-0.2, 0) is 4.74 Å². The summed E-state index contributed by atoms with van der Waals surface area (Å²) in [6.45, 7) is 5.84. The van der Waals surface area contributed by atoms with Gasteiger partial charge in [-0.15, -0.1) is 5.10 Å². The van der Waals surface area contributed by atoms with E-state index >= 15 is 0 Å². The maximum absolute atomic E-state index is 8.80. The SMILES string of the molecule is COCC(C)Oc1nnc(C)c(C)c1C(N)=NO. The van der Waals surface area contributed by atoms with Crippen LogP contribution in [0.1, 0.15) is 23.7 Å². The first-order valence-corrected chi connectivity index (χ1v) is 5.48. The molecule has 0 amide bonds. The molecule has 1 rings (SSSR count). The molecule has 0 saturated carbocycles. The van der Waals surface area contributed by atoms with Gasteiger partial charge in [-0.05, 0) is 26.3 Å². The summed E-state index contributed by atoms with van der Waals surface area (Å²) in [7, 11) is 1.58. The van der Waals surface area contributed by atoms with E-state index in [4.69, 9.17) is 20.4 Å². The van der Waals surface area contributed by atoms with Crippen LogP contribution in [0.4, 0.5) is 0 Å². The zero-order valence-electron chi connectivity index (χ0n) is 11.0. The molecule has 100 valence electrons. The predicted molar refractivity (Wildman–Crippen MR) is 66.0 cm³/mol. The summed E-state index contributed by atoms with van der Waals surface area (Å²) in [5.41, 5.74) is 7.55. The number of hydrogen-bond acceptors (Lipinski definition) is 6. The highest BCUT2D eigenvalue weighted by atomic mass is 16.5. The Balaban J connectivity index is 3.15. The average molecular weight is 254 g/mol. The van der Waals surface area contributed by atoms with Crippen LogP contribution in [0.25, 0.3) is 0 Å². The highest BCUT2D eigenvalue weighted by Crippen LogP contribution is 2.21. The standard InChI is InChI=1S/C11H18N4O3/c1-6(5-17-4)18-11-9(10(12)15-16)7(2)8(3)13-14-11/h6,16H,5H2,1-4H3,(H2,12,15). The third-order valence-corrected chi connectivity index (χ3v) is 2.50. The number of methoxy groups -OCH3 is 1. The molecule has 0 aromatic carbocycles. The van der Waals surface area contributed by atoms with Crippen molar-refractivity contribution in [1.82, 2.24) is 10.2 Å². The number of ether oxygens (including phenoxy) is 2. The Morgan fingerprint density at radius 3 is 2.67 bits per heavy atom. The van der Waals surface area contributed by atoms with Crippen molar-refractivity contribution in [3.05, 3.63) is 16.8 Å². The molecule has 0 aliphatic carbocycles. The molecule has 1 unspecified atom stereocenters. The lowest BCUT2D eigenvalue weighted by atomic mass is 10.1. The zero-order chi connectivity index (χ0) is 13.7. The Morgan fingerprint density at radius 1 is 1.44 bits per heavy atom. The molecule has 7 nitrogen and oxygen atoms in total. The van der Waals surface area contributed by atoms with Gasteiger partial charge in [-0.25, -0.2) is 0 Å². The highest BCUT2D eigenvalue weighted by Gasteiger charge is 2.18. The molecule has 0 aliphatic rings. The maximum Gasteiger partial charge on any atom is 0.245 e. The Bertz CT molecular complexity index is 448. The molecule has 0 saturated heterocycles. The minimum absolute atomic E-state index is 0.0508. The molecule has 0 spiro atoms. The van der Waals surface area contributed by atoms with Crippen molar-refractivity contribution in [3.63, 3.8) is 0 Å². The van der Waals surface area contributed by atoms with E-state index in [-0.39, 0.29) is 17.8 Å². The fraction of sp³-hybridized carbons (Fsp3) is 0.545. The molecule has 1 aromatic heterocycles. The highest BCUT2D eigenvalue weighted by molar-refractivity contribution is 6.00. The van der Waals surface area contributed by atoms with E-state index in [9.17, 15) is 0 Å². The minimum atomic E-state index is -0.211. The fourth-order valence-corrected chi connectivity index (χ4v) is 1.48. The smallest absolute Gasteiger partial charge is 0.245 e. The van der Waals surface area contributed by atoms with Gasteiger partial charge in [0.1, 0.15) is 6.10 Å². The van der Waals surface area contributed by atoms with Gasteiger partial charge < -0.3 is 20.4 Å². The van der Waals surface area contributed by atoms with E-state index in [0.29, 0.717) is 17.9 Å². The summed E-state index contributed by atoms with van der Waals surface area (Å²) in [5.74, 6) is 0.183. The van der Waals surface area contributed by atoms with Crippen LogP contribution in [0.3, 0.4) is 0 Å². The van der Waals surface area contributed by atoms with Gasteiger partial charge in [0.2, 0.25) is 5.88 Å². The van der Waals surface area contributed by atoms with Gasteiger partial charge >= 0.3 is 0 Å². The molecule has 0 radical (unpaired) electrons. The Labute approximate surface area is 106 Å². The summed E-state index contributed by atoms with van der Waals surface area (Å²) >= 11 is 0. The number of amidine groups is 1. The molecule has 1 atom stereocenters. The monoisotopic (exact) mass is 254 g/mol. The summed E-state index contributed by atoms with van der Waals surface area (Å²) in [5, 5.41) is 19.7. The maximum atomic E-state index is 8.80. The lowest BCUT2D eigenvalue weighted by Gasteiger charge is -2.16. The second kappa shape index (κ2) is 6.15. The van der Waals surface area contributed by atoms with Crippen LogP contribution in [0.5, 0.6) is 5.88 Å². The van der Waals surface area contributed by atoms with Crippen LogP contribution in [0.15, 0.2) is 5.16 Å². The van der Waals surface area contributed by atoms with E-state index < -0.39 is 0 Å². The molecule has 1 aromatic rings. The summed E-state index contributed by atoms with van der Waals surface area (Å²) in [4.78, 5) is 0. The molecule has 7 heteroatoms. The first-order valence-electron chi connectivity index (χ1n) is 5.48. The molecule has 1 heterocycles. The number of nitrogens with zero attached hydrogens (tertiary/aromatic N) is 3. The van der Waals surface area contributed by atoms with Gasteiger partial charge in [-0.1, -0.05) is 5.16 Å². The van der Waals surface area contributed by atoms with Crippen molar-refractivity contribution >= 4 is 5.84 Å². The van der Waals surface area contributed by atoms with Crippen molar-refractivity contribution < 1.29 is 14.7 Å². The zero-order valence-corrected chi connectivity index (χ0v) is 11.0. The molecule has 18 heavy (non-hydrogen) atoms. The van der Waals surface area contributed by atoms with E-state index in [2.05, 4.69) is 15.4 Å². The Hall–Kier alpha value is -1.89. The molecule has 3 N–H and O–H groups in total. The number of aryl methyl sites for hydroxylation is 1. The van der Waals surface area contributed by atoms with Crippen LogP contribution >= 0.6 is 0 Å². The van der Waals surface area contributed by atoms with Crippen LogP contribution in [-0.4, -0.2) is 41.1 Å². The van der Waals surface area contributed by atoms with Crippen molar-refractivity contribution in [1.29, 1.82) is 0 Å². The van der Waals surface area contributed by atoms with Crippen molar-refractivity contribution in [3.8, 4) is 5.88 Å². The second-order valence-electron chi connectivity index (χ2n) is 3.96. The van der Waals surface area contributed by atoms with Gasteiger partial charge in [0.25, 0.3) is 0 Å². The molecule has 0 fully saturated rings. The fourth-order valence-electron chi connectivity index (χ4n) is 1.48. The first kappa shape index (κ1) is 14.2. The Morgan fingerprint density at radius 2 is 2.11 bits per heavy atom. The topological polar surface area (TPSA) is 103 Å². The minimum Gasteiger partial charge on any atom is -0.471 e. The number of nitrogens with two attached hydrogens (primary N) is 1. The average Bonchev–Trinajstić information content (AvgIpc) is 2.33. The van der Waals surface area contributed by atoms with Crippen molar-refractivity contribution in [2.45, 2.75) is 26.9 Å². The summed E-state index contributed by atoms with van der Waals surface area (Å²) < 4.78 is 10.5. The van der Waals surface area contributed by atoms with E-state index in [1.54, 1.807) is 14.0 Å². The van der Waals surface area contributed by atoms with E-state index in [1.165, 1.54) is 0 Å². The van der Waals surface area contributed by atoms with Crippen LogP contribution in [0, 0.1) is 13.8 Å². The van der Waals surface area contributed by atoms with E-state index in [1.807, 2.05) is 13.8 Å². The molecular weight excluding hydrogens is 236 g/mol. The largest absolute Gasteiger partial charge is 0.471 e. The lowest BCUT2D eigenvalue weighted by molar-refractivity contribution is 0.0880. The predicted octanol–water partition coefficient (Wildman–Crippen LogP) is 0.602. The van der Waals surface area contributed by atoms with Gasteiger partial charge in [0, 0.05) is 7.11 Å². The van der Waals surface area contributed by atoms with E-state index in [0.717, 1.165) is 5.56 Å². The van der Waals surface area contributed by atoms with Gasteiger partial charge in [0.15, 0.2) is 5.84 Å². The number of hydrogen-bond donors (Lipinski definition) is 2. The van der Waals surface area contributed by atoms with Gasteiger partial charge in [0.05, 0.1) is 17.9 Å². The van der Waals surface area contributed by atoms with Crippen molar-refractivity contribution in [2.24, 2.45) is 10.9 Å². The Kier molecular flexibility index (Phi) is 4.85. The first-order chi connectivity index (χ1) is 8.51. The quantitative estimate of drug-likeness (QED) is 0.345. The normalized spacial score (nSPS) is 13.4. The summed E-state index contributed by atoms with van der Waals surface area (Å²) in [6.07, 6.45) is -0.211. The lowest BCUT2D eigenvalue weighted by Crippen LogP contribution is -2.24. The number of oxime groups is 1. The third-order valence-electron chi connectivity index (χ3n) is 2.50. The van der Waals surface area contributed by atoms with Crippen LogP contribution < -0.4 is 10.5 Å². The second-order valence-corrected chi connectivity index (χ2v) is 3.96. The van der Waals surface area contributed by atoms with Gasteiger partial charge in [-0.2, -0.15) is 5.10 Å². The van der Waals surface area contributed by atoms with Crippen molar-refractivity contribution in [2.75, 3.05) is 13.7 Å². The van der Waals surface area contributed by atoms with Gasteiger partial charge in [-0.3, -0.25) is 0 Å². The number of rotatable bonds is 5. The summed E-state index contributed by atoms with van der Waals surface area (Å²) in [6, 6.07) is 0. The van der Waals surface area contributed by atoms with Crippen LogP contribution in [0.2, 0.25) is 0 Å². The molecule has 0 bridgehead atoms. The molecular formula is C11H18N4O3. The third kappa shape index (κ3) is 3.07.